The molecule has 2 aromatic heterocycles. The van der Waals surface area contributed by atoms with Crippen molar-refractivity contribution in [2.24, 2.45) is 7.05 Å². The van der Waals surface area contributed by atoms with Crippen LogP contribution >= 0.6 is 23.2 Å². The van der Waals surface area contributed by atoms with Crippen LogP contribution in [0.4, 0.5) is 0 Å². The van der Waals surface area contributed by atoms with Crippen molar-refractivity contribution < 1.29 is 4.74 Å². The zero-order valence-corrected chi connectivity index (χ0v) is 18.9. The SMILES string of the molecule is Cc1nn(-c2ccc(OCc3c(Cl)cccc3-n3nnn(C)c3=O)c(Cl)c2)c(C)c1C. The molecule has 0 unspecified atom stereocenters. The van der Waals surface area contributed by atoms with E-state index in [1.807, 2.05) is 31.5 Å². The van der Waals surface area contributed by atoms with Gasteiger partial charge < -0.3 is 4.74 Å². The van der Waals surface area contributed by atoms with Gasteiger partial charge in [0.2, 0.25) is 0 Å². The number of tetrazole rings is 1. The van der Waals surface area contributed by atoms with Gasteiger partial charge >= 0.3 is 5.69 Å². The molecular formula is C21H20Cl2N6O2. The maximum absolute atomic E-state index is 12.3. The maximum atomic E-state index is 12.3. The lowest BCUT2D eigenvalue weighted by molar-refractivity contribution is 0.306. The van der Waals surface area contributed by atoms with Crippen molar-refractivity contribution in [3.05, 3.63) is 79.4 Å². The van der Waals surface area contributed by atoms with Gasteiger partial charge in [0, 0.05) is 23.3 Å². The molecule has 0 atom stereocenters. The second kappa shape index (κ2) is 8.20. The Morgan fingerprint density at radius 1 is 1.00 bits per heavy atom. The molecule has 0 amide bonds. The molecule has 10 heteroatoms. The molecule has 31 heavy (non-hydrogen) atoms. The van der Waals surface area contributed by atoms with Gasteiger partial charge in [0.05, 0.1) is 22.1 Å². The number of halogens is 2. The van der Waals surface area contributed by atoms with Crippen LogP contribution in [0.5, 0.6) is 5.75 Å². The molecule has 160 valence electrons. The Morgan fingerprint density at radius 2 is 1.77 bits per heavy atom. The van der Waals surface area contributed by atoms with Crippen molar-refractivity contribution in [3.8, 4) is 17.1 Å². The molecule has 0 aliphatic heterocycles. The summed E-state index contributed by atoms with van der Waals surface area (Å²) in [6.07, 6.45) is 0. The third kappa shape index (κ3) is 3.84. The van der Waals surface area contributed by atoms with Crippen LogP contribution in [0, 0.1) is 20.8 Å². The summed E-state index contributed by atoms with van der Waals surface area (Å²) in [5, 5.41) is 13.1. The molecule has 0 spiro atoms. The van der Waals surface area contributed by atoms with Crippen molar-refractivity contribution in [2.75, 3.05) is 0 Å². The van der Waals surface area contributed by atoms with Gasteiger partial charge in [-0.05, 0) is 67.1 Å². The van der Waals surface area contributed by atoms with E-state index >= 15 is 0 Å². The molecule has 0 saturated carbocycles. The van der Waals surface area contributed by atoms with Gasteiger partial charge in [-0.25, -0.2) is 9.48 Å². The summed E-state index contributed by atoms with van der Waals surface area (Å²) in [4.78, 5) is 12.3. The van der Waals surface area contributed by atoms with Crippen LogP contribution in [0.15, 0.2) is 41.2 Å². The summed E-state index contributed by atoms with van der Waals surface area (Å²) in [6, 6.07) is 10.7. The number of nitrogens with zero attached hydrogens (tertiary/aromatic N) is 6. The lowest BCUT2D eigenvalue weighted by Gasteiger charge is -2.14. The van der Waals surface area contributed by atoms with Crippen LogP contribution < -0.4 is 10.4 Å². The summed E-state index contributed by atoms with van der Waals surface area (Å²) in [7, 11) is 1.53. The third-order valence-corrected chi connectivity index (χ3v) is 5.88. The van der Waals surface area contributed by atoms with Crippen LogP contribution in [0.2, 0.25) is 10.0 Å². The van der Waals surface area contributed by atoms with E-state index in [9.17, 15) is 4.79 Å². The number of benzene rings is 2. The second-order valence-electron chi connectivity index (χ2n) is 7.15. The minimum Gasteiger partial charge on any atom is -0.487 e. The van der Waals surface area contributed by atoms with Crippen molar-refractivity contribution in [1.82, 2.24) is 29.6 Å². The van der Waals surface area contributed by atoms with E-state index in [0.29, 0.717) is 27.0 Å². The topological polar surface area (TPSA) is 79.8 Å². The first-order valence-electron chi connectivity index (χ1n) is 9.50. The zero-order chi connectivity index (χ0) is 22.3. The van der Waals surface area contributed by atoms with Crippen molar-refractivity contribution in [2.45, 2.75) is 27.4 Å². The van der Waals surface area contributed by atoms with Gasteiger partial charge in [0.1, 0.15) is 12.4 Å². The Balaban J connectivity index is 1.63. The predicted molar refractivity (Wildman–Crippen MR) is 119 cm³/mol. The van der Waals surface area contributed by atoms with Crippen LogP contribution in [-0.2, 0) is 13.7 Å². The smallest absolute Gasteiger partial charge is 0.368 e. The number of hydrogen-bond donors (Lipinski definition) is 0. The van der Waals surface area contributed by atoms with Crippen molar-refractivity contribution >= 4 is 23.2 Å². The molecule has 0 aliphatic rings. The Labute approximate surface area is 188 Å². The van der Waals surface area contributed by atoms with Crippen LogP contribution in [0.3, 0.4) is 0 Å². The Hall–Kier alpha value is -3.10. The fourth-order valence-corrected chi connectivity index (χ4v) is 3.67. The standard InChI is InChI=1S/C21H20Cl2N6O2/c1-12-13(2)24-28(14(12)3)15-8-9-20(18(23)10-15)31-11-16-17(22)6-5-7-19(16)29-21(30)27(4)25-26-29/h5-10H,11H2,1-4H3. The summed E-state index contributed by atoms with van der Waals surface area (Å²) < 4.78 is 10.1. The lowest BCUT2D eigenvalue weighted by Crippen LogP contribution is -2.23. The molecule has 4 rings (SSSR count). The summed E-state index contributed by atoms with van der Waals surface area (Å²) in [5.41, 5.74) is 4.72. The van der Waals surface area contributed by atoms with Gasteiger partial charge in [-0.15, -0.1) is 0 Å². The molecule has 0 radical (unpaired) electrons. The highest BCUT2D eigenvalue weighted by Crippen LogP contribution is 2.30. The van der Waals surface area contributed by atoms with E-state index in [1.165, 1.54) is 11.7 Å². The van der Waals surface area contributed by atoms with E-state index in [0.717, 1.165) is 27.3 Å². The fraction of sp³-hybridized carbons (Fsp3) is 0.238. The van der Waals surface area contributed by atoms with Crippen LogP contribution in [0.25, 0.3) is 11.4 Å². The first-order valence-corrected chi connectivity index (χ1v) is 10.3. The van der Waals surface area contributed by atoms with Gasteiger partial charge in [-0.2, -0.15) is 14.5 Å². The quantitative estimate of drug-likeness (QED) is 0.452. The highest BCUT2D eigenvalue weighted by molar-refractivity contribution is 6.32. The number of aromatic nitrogens is 6. The number of rotatable bonds is 5. The highest BCUT2D eigenvalue weighted by atomic mass is 35.5. The molecule has 2 aromatic carbocycles. The summed E-state index contributed by atoms with van der Waals surface area (Å²) in [6.45, 7) is 6.12. The molecule has 0 aliphatic carbocycles. The van der Waals surface area contributed by atoms with Gasteiger partial charge in [0.15, 0.2) is 0 Å². The average molecular weight is 459 g/mol. The van der Waals surface area contributed by atoms with Crippen molar-refractivity contribution in [3.63, 3.8) is 0 Å². The second-order valence-corrected chi connectivity index (χ2v) is 7.96. The summed E-state index contributed by atoms with van der Waals surface area (Å²) >= 11 is 12.9. The van der Waals surface area contributed by atoms with E-state index in [2.05, 4.69) is 15.5 Å². The number of aryl methyl sites for hydroxylation is 2. The maximum Gasteiger partial charge on any atom is 0.368 e. The summed E-state index contributed by atoms with van der Waals surface area (Å²) in [5.74, 6) is 0.487. The number of hydrogen-bond acceptors (Lipinski definition) is 5. The molecule has 8 nitrogen and oxygen atoms in total. The largest absolute Gasteiger partial charge is 0.487 e. The first kappa shape index (κ1) is 21.1. The minimum absolute atomic E-state index is 0.0934. The van der Waals surface area contributed by atoms with Gasteiger partial charge in [-0.3, -0.25) is 0 Å². The zero-order valence-electron chi connectivity index (χ0n) is 17.4. The highest BCUT2D eigenvalue weighted by Gasteiger charge is 2.16. The number of ether oxygens (including phenoxy) is 1. The van der Waals surface area contributed by atoms with Crippen LogP contribution in [-0.4, -0.2) is 29.6 Å². The fourth-order valence-electron chi connectivity index (χ4n) is 3.21. The molecular weight excluding hydrogens is 439 g/mol. The van der Waals surface area contributed by atoms with Gasteiger partial charge in [0.25, 0.3) is 0 Å². The Morgan fingerprint density at radius 3 is 2.39 bits per heavy atom. The van der Waals surface area contributed by atoms with Crippen LogP contribution in [0.1, 0.15) is 22.5 Å². The van der Waals surface area contributed by atoms with E-state index < -0.39 is 0 Å². The minimum atomic E-state index is -0.383. The molecule has 0 bridgehead atoms. The Bertz CT molecular complexity index is 1340. The van der Waals surface area contributed by atoms with E-state index in [1.54, 1.807) is 30.3 Å². The molecule has 0 saturated heterocycles. The monoisotopic (exact) mass is 458 g/mol. The average Bonchev–Trinajstić information content (AvgIpc) is 3.21. The van der Waals surface area contributed by atoms with Crippen molar-refractivity contribution in [1.29, 1.82) is 0 Å². The Kier molecular flexibility index (Phi) is 5.60. The van der Waals surface area contributed by atoms with E-state index in [4.69, 9.17) is 27.9 Å². The normalized spacial score (nSPS) is 11.2. The van der Waals surface area contributed by atoms with Gasteiger partial charge in [-0.1, -0.05) is 29.3 Å². The predicted octanol–water partition coefficient (Wildman–Crippen LogP) is 3.96. The molecule has 4 aromatic rings. The lowest BCUT2D eigenvalue weighted by atomic mass is 10.2. The first-order chi connectivity index (χ1) is 14.8. The molecule has 0 N–H and O–H groups in total. The molecule has 2 heterocycles. The van der Waals surface area contributed by atoms with E-state index in [-0.39, 0.29) is 12.3 Å². The molecule has 0 fully saturated rings. The third-order valence-electron chi connectivity index (χ3n) is 5.23.